The minimum atomic E-state index is 0.312. The minimum Gasteiger partial charge on any atom is -0.309 e. The average molecular weight is 313 g/mol. The molecular formula is C16H28N2S2. The molecule has 0 fully saturated rings. The smallest absolute Gasteiger partial charge is 0.103 e. The second-order valence-corrected chi connectivity index (χ2v) is 10.4. The van der Waals surface area contributed by atoms with Gasteiger partial charge >= 0.3 is 0 Å². The van der Waals surface area contributed by atoms with Crippen molar-refractivity contribution in [3.8, 4) is 0 Å². The number of hydrogen-bond donors (Lipinski definition) is 1. The molecule has 2 rings (SSSR count). The summed E-state index contributed by atoms with van der Waals surface area (Å²) in [6.07, 6.45) is 2.35. The van der Waals surface area contributed by atoms with Gasteiger partial charge in [0, 0.05) is 21.4 Å². The third kappa shape index (κ3) is 4.22. The molecule has 1 N–H and O–H groups in total. The van der Waals surface area contributed by atoms with Gasteiger partial charge in [-0.1, -0.05) is 41.5 Å². The highest BCUT2D eigenvalue weighted by Gasteiger charge is 2.34. The van der Waals surface area contributed by atoms with Gasteiger partial charge in [0.25, 0.3) is 0 Å². The Labute approximate surface area is 132 Å². The SMILES string of the molecule is CCNC1CC(C)(C)Cc2nc(CSC(C)(C)C)sc21. The van der Waals surface area contributed by atoms with E-state index in [9.17, 15) is 0 Å². The van der Waals surface area contributed by atoms with Crippen LogP contribution in [0.4, 0.5) is 0 Å². The van der Waals surface area contributed by atoms with Crippen LogP contribution in [0.2, 0.25) is 0 Å². The van der Waals surface area contributed by atoms with Crippen molar-refractivity contribution in [2.24, 2.45) is 5.41 Å². The van der Waals surface area contributed by atoms with Gasteiger partial charge in [0.15, 0.2) is 0 Å². The molecule has 0 spiro atoms. The number of thiazole rings is 1. The molecule has 20 heavy (non-hydrogen) atoms. The lowest BCUT2D eigenvalue weighted by molar-refractivity contribution is 0.260. The monoisotopic (exact) mass is 312 g/mol. The molecule has 114 valence electrons. The topological polar surface area (TPSA) is 24.9 Å². The Morgan fingerprint density at radius 3 is 2.70 bits per heavy atom. The van der Waals surface area contributed by atoms with Gasteiger partial charge in [-0.05, 0) is 24.8 Å². The van der Waals surface area contributed by atoms with Crippen LogP contribution in [0.1, 0.15) is 69.6 Å². The van der Waals surface area contributed by atoms with Crippen molar-refractivity contribution in [2.75, 3.05) is 6.54 Å². The molecule has 1 aliphatic carbocycles. The fourth-order valence-corrected chi connectivity index (χ4v) is 4.72. The van der Waals surface area contributed by atoms with E-state index in [1.54, 1.807) is 0 Å². The molecule has 1 aromatic heterocycles. The predicted molar refractivity (Wildman–Crippen MR) is 91.7 cm³/mol. The van der Waals surface area contributed by atoms with E-state index < -0.39 is 0 Å². The summed E-state index contributed by atoms with van der Waals surface area (Å²) in [6.45, 7) is 14.8. The summed E-state index contributed by atoms with van der Waals surface area (Å²) in [4.78, 5) is 6.44. The molecule has 0 aromatic carbocycles. The van der Waals surface area contributed by atoms with Gasteiger partial charge < -0.3 is 5.32 Å². The standard InChI is InChI=1S/C16H28N2S2/c1-7-17-11-8-16(5,6)9-12-14(11)20-13(18-12)10-19-15(2,3)4/h11,17H,7-10H2,1-6H3. The molecule has 1 atom stereocenters. The van der Waals surface area contributed by atoms with Crippen molar-refractivity contribution in [1.29, 1.82) is 0 Å². The van der Waals surface area contributed by atoms with Crippen LogP contribution in [0, 0.1) is 5.41 Å². The number of rotatable bonds is 4. The number of aromatic nitrogens is 1. The van der Waals surface area contributed by atoms with Gasteiger partial charge in [-0.25, -0.2) is 4.98 Å². The first-order valence-corrected chi connectivity index (χ1v) is 9.36. The highest BCUT2D eigenvalue weighted by atomic mass is 32.2. The minimum absolute atomic E-state index is 0.312. The molecule has 0 amide bonds. The van der Waals surface area contributed by atoms with E-state index in [4.69, 9.17) is 4.98 Å². The number of hydrogen-bond acceptors (Lipinski definition) is 4. The average Bonchev–Trinajstić information content (AvgIpc) is 2.67. The van der Waals surface area contributed by atoms with Crippen molar-refractivity contribution in [3.05, 3.63) is 15.6 Å². The van der Waals surface area contributed by atoms with E-state index in [0.717, 1.165) is 18.7 Å². The number of nitrogens with one attached hydrogen (secondary N) is 1. The van der Waals surface area contributed by atoms with Crippen LogP contribution in [-0.2, 0) is 12.2 Å². The fraction of sp³-hybridized carbons (Fsp3) is 0.812. The molecule has 0 radical (unpaired) electrons. The molecule has 0 bridgehead atoms. The lowest BCUT2D eigenvalue weighted by Gasteiger charge is -2.34. The lowest BCUT2D eigenvalue weighted by Crippen LogP contribution is -2.32. The lowest BCUT2D eigenvalue weighted by atomic mass is 9.76. The first-order chi connectivity index (χ1) is 9.20. The number of nitrogens with zero attached hydrogens (tertiary/aromatic N) is 1. The van der Waals surface area contributed by atoms with Crippen LogP contribution in [0.5, 0.6) is 0 Å². The Balaban J connectivity index is 2.17. The van der Waals surface area contributed by atoms with Crippen LogP contribution in [0.3, 0.4) is 0 Å². The van der Waals surface area contributed by atoms with Crippen LogP contribution in [-0.4, -0.2) is 16.3 Å². The van der Waals surface area contributed by atoms with Gasteiger partial charge in [0.2, 0.25) is 0 Å². The van der Waals surface area contributed by atoms with Gasteiger partial charge in [-0.15, -0.1) is 23.1 Å². The van der Waals surface area contributed by atoms with Crippen LogP contribution < -0.4 is 5.32 Å². The summed E-state index contributed by atoms with van der Waals surface area (Å²) >= 11 is 3.92. The zero-order valence-electron chi connectivity index (χ0n) is 13.7. The fourth-order valence-electron chi connectivity index (χ4n) is 2.74. The van der Waals surface area contributed by atoms with Crippen molar-refractivity contribution < 1.29 is 0 Å². The maximum atomic E-state index is 4.94. The maximum Gasteiger partial charge on any atom is 0.103 e. The number of thioether (sulfide) groups is 1. The second-order valence-electron chi connectivity index (χ2n) is 7.47. The quantitative estimate of drug-likeness (QED) is 0.864. The van der Waals surface area contributed by atoms with Crippen LogP contribution in [0.15, 0.2) is 0 Å². The zero-order chi connectivity index (χ0) is 15.0. The van der Waals surface area contributed by atoms with Crippen molar-refractivity contribution in [3.63, 3.8) is 0 Å². The van der Waals surface area contributed by atoms with E-state index in [2.05, 4.69) is 46.9 Å². The van der Waals surface area contributed by atoms with Crippen LogP contribution in [0.25, 0.3) is 0 Å². The molecular weight excluding hydrogens is 284 g/mol. The molecule has 0 saturated carbocycles. The predicted octanol–water partition coefficient (Wildman–Crippen LogP) is 4.80. The summed E-state index contributed by atoms with van der Waals surface area (Å²) in [5, 5.41) is 4.95. The molecule has 1 unspecified atom stereocenters. The summed E-state index contributed by atoms with van der Waals surface area (Å²) in [7, 11) is 0. The Morgan fingerprint density at radius 2 is 2.10 bits per heavy atom. The Kier molecular flexibility index (Phi) is 4.87. The highest BCUT2D eigenvalue weighted by Crippen LogP contribution is 2.43. The van der Waals surface area contributed by atoms with E-state index in [-0.39, 0.29) is 0 Å². The normalized spacial score (nSPS) is 21.8. The largest absolute Gasteiger partial charge is 0.309 e. The Morgan fingerprint density at radius 1 is 1.40 bits per heavy atom. The Hall–Kier alpha value is -0.0600. The number of fused-ring (bicyclic) bond motifs is 1. The third-order valence-electron chi connectivity index (χ3n) is 3.57. The summed E-state index contributed by atoms with van der Waals surface area (Å²) in [6, 6.07) is 0.504. The van der Waals surface area contributed by atoms with Gasteiger partial charge in [0.1, 0.15) is 5.01 Å². The highest BCUT2D eigenvalue weighted by molar-refractivity contribution is 7.99. The summed E-state index contributed by atoms with van der Waals surface area (Å²) in [5.41, 5.74) is 1.71. The van der Waals surface area contributed by atoms with E-state index >= 15 is 0 Å². The molecule has 4 heteroatoms. The second kappa shape index (κ2) is 5.98. The van der Waals surface area contributed by atoms with Crippen LogP contribution >= 0.6 is 23.1 Å². The summed E-state index contributed by atoms with van der Waals surface area (Å²) in [5.74, 6) is 1.04. The first kappa shape index (κ1) is 16.3. The molecule has 0 saturated heterocycles. The Bertz CT molecular complexity index is 458. The molecule has 2 nitrogen and oxygen atoms in total. The molecule has 0 aliphatic heterocycles. The molecule has 1 heterocycles. The van der Waals surface area contributed by atoms with E-state index in [1.807, 2.05) is 23.1 Å². The van der Waals surface area contributed by atoms with E-state index in [0.29, 0.717) is 16.2 Å². The van der Waals surface area contributed by atoms with Gasteiger partial charge in [-0.2, -0.15) is 0 Å². The van der Waals surface area contributed by atoms with Crippen molar-refractivity contribution in [2.45, 2.75) is 70.9 Å². The van der Waals surface area contributed by atoms with E-state index in [1.165, 1.54) is 22.0 Å². The van der Waals surface area contributed by atoms with Gasteiger partial charge in [-0.3, -0.25) is 0 Å². The molecule has 1 aromatic rings. The molecule has 1 aliphatic rings. The third-order valence-corrected chi connectivity index (χ3v) is 6.25. The zero-order valence-corrected chi connectivity index (χ0v) is 15.3. The van der Waals surface area contributed by atoms with Crippen molar-refractivity contribution >= 4 is 23.1 Å². The first-order valence-electron chi connectivity index (χ1n) is 7.56. The maximum absolute atomic E-state index is 4.94. The summed E-state index contributed by atoms with van der Waals surface area (Å²) < 4.78 is 0.312. The van der Waals surface area contributed by atoms with Gasteiger partial charge in [0.05, 0.1) is 5.69 Å². The van der Waals surface area contributed by atoms with Crippen molar-refractivity contribution in [1.82, 2.24) is 10.3 Å².